The first-order valence-corrected chi connectivity index (χ1v) is 11.3. The molecule has 2 aromatic carbocycles. The highest BCUT2D eigenvalue weighted by Crippen LogP contribution is 2.54. The normalized spacial score (nSPS) is 28.6. The molecule has 0 saturated carbocycles. The average molecular weight is 452 g/mol. The number of carbonyl (C=O) groups excluding carboxylic acids is 3. The Kier molecular flexibility index (Phi) is 4.73. The molecular weight excluding hydrogens is 426 g/mol. The number of imide groups is 1. The van der Waals surface area contributed by atoms with Gasteiger partial charge in [-0.15, -0.1) is 0 Å². The molecule has 2 unspecified atom stereocenters. The van der Waals surface area contributed by atoms with E-state index in [9.17, 15) is 14.4 Å². The molecule has 5 rings (SSSR count). The van der Waals surface area contributed by atoms with Crippen molar-refractivity contribution >= 4 is 35.0 Å². The number of likely N-dealkylation sites (tertiary alicyclic amines) is 1. The van der Waals surface area contributed by atoms with Crippen molar-refractivity contribution in [2.75, 3.05) is 5.32 Å². The molecule has 3 amide bonds. The summed E-state index contributed by atoms with van der Waals surface area (Å²) < 4.78 is 0. The van der Waals surface area contributed by atoms with E-state index in [4.69, 9.17) is 11.6 Å². The molecule has 6 nitrogen and oxygen atoms in total. The lowest BCUT2D eigenvalue weighted by atomic mass is 9.75. The summed E-state index contributed by atoms with van der Waals surface area (Å²) in [6, 6.07) is 10.8. The van der Waals surface area contributed by atoms with Gasteiger partial charge in [-0.2, -0.15) is 0 Å². The van der Waals surface area contributed by atoms with Crippen molar-refractivity contribution in [1.29, 1.82) is 0 Å². The van der Waals surface area contributed by atoms with E-state index in [2.05, 4.69) is 10.6 Å². The Bertz CT molecular complexity index is 1180. The van der Waals surface area contributed by atoms with Gasteiger partial charge in [-0.05, 0) is 42.5 Å². The summed E-state index contributed by atoms with van der Waals surface area (Å²) in [6.45, 7) is 8.08. The van der Waals surface area contributed by atoms with Crippen LogP contribution in [-0.2, 0) is 26.5 Å². The molecule has 7 heteroatoms. The molecule has 32 heavy (non-hydrogen) atoms. The van der Waals surface area contributed by atoms with Gasteiger partial charge in [-0.3, -0.25) is 24.6 Å². The predicted octanol–water partition coefficient (Wildman–Crippen LogP) is 3.53. The van der Waals surface area contributed by atoms with Crippen molar-refractivity contribution in [3.63, 3.8) is 0 Å². The smallest absolute Gasteiger partial charge is 0.250 e. The van der Waals surface area contributed by atoms with Gasteiger partial charge in [0, 0.05) is 22.3 Å². The molecule has 0 aromatic heterocycles. The zero-order chi connectivity index (χ0) is 22.9. The number of benzene rings is 2. The number of hydrogen-bond donors (Lipinski definition) is 2. The summed E-state index contributed by atoms with van der Waals surface area (Å²) >= 11 is 6.32. The summed E-state index contributed by atoms with van der Waals surface area (Å²) in [7, 11) is 0. The third-order valence-electron chi connectivity index (χ3n) is 7.45. The van der Waals surface area contributed by atoms with Crippen molar-refractivity contribution in [3.05, 3.63) is 63.7 Å². The Morgan fingerprint density at radius 2 is 1.78 bits per heavy atom. The second kappa shape index (κ2) is 7.15. The van der Waals surface area contributed by atoms with Crippen LogP contribution in [0.4, 0.5) is 5.69 Å². The van der Waals surface area contributed by atoms with E-state index in [1.807, 2.05) is 58.0 Å². The third-order valence-corrected chi connectivity index (χ3v) is 7.82. The van der Waals surface area contributed by atoms with Gasteiger partial charge < -0.3 is 5.32 Å². The summed E-state index contributed by atoms with van der Waals surface area (Å²) in [5.74, 6) is -2.18. The molecule has 2 fully saturated rings. The number of rotatable bonds is 3. The summed E-state index contributed by atoms with van der Waals surface area (Å²) in [5.41, 5.74) is 2.99. The Labute approximate surface area is 192 Å². The lowest BCUT2D eigenvalue weighted by Gasteiger charge is -2.30. The van der Waals surface area contributed by atoms with Crippen molar-refractivity contribution in [3.8, 4) is 0 Å². The molecule has 0 bridgehead atoms. The summed E-state index contributed by atoms with van der Waals surface area (Å²) in [4.78, 5) is 42.2. The van der Waals surface area contributed by atoms with Gasteiger partial charge in [0.15, 0.2) is 0 Å². The molecule has 2 N–H and O–H groups in total. The van der Waals surface area contributed by atoms with Crippen LogP contribution in [0.2, 0.25) is 5.02 Å². The quantitative estimate of drug-likeness (QED) is 0.700. The maximum absolute atomic E-state index is 13.8. The fraction of sp³-hybridized carbons (Fsp3) is 0.400. The first-order valence-electron chi connectivity index (χ1n) is 11.0. The number of halogens is 1. The number of amides is 3. The Morgan fingerprint density at radius 3 is 2.47 bits per heavy atom. The minimum absolute atomic E-state index is 0.0577. The van der Waals surface area contributed by atoms with E-state index in [1.54, 1.807) is 6.07 Å². The van der Waals surface area contributed by atoms with E-state index in [1.165, 1.54) is 4.90 Å². The molecule has 2 aromatic rings. The fourth-order valence-electron chi connectivity index (χ4n) is 5.64. The number of hydrogen-bond acceptors (Lipinski definition) is 4. The van der Waals surface area contributed by atoms with Crippen LogP contribution in [0.15, 0.2) is 36.4 Å². The number of nitrogens with one attached hydrogen (secondary N) is 2. The van der Waals surface area contributed by atoms with Crippen LogP contribution in [0.5, 0.6) is 0 Å². The monoisotopic (exact) mass is 451 g/mol. The highest BCUT2D eigenvalue weighted by atomic mass is 35.5. The number of aryl methyl sites for hydroxylation is 1. The highest BCUT2D eigenvalue weighted by Gasteiger charge is 2.70. The maximum atomic E-state index is 13.8. The topological polar surface area (TPSA) is 78.5 Å². The molecular formula is C25H26ClN3O3. The van der Waals surface area contributed by atoms with Gasteiger partial charge in [-0.1, -0.05) is 55.8 Å². The van der Waals surface area contributed by atoms with Crippen LogP contribution in [0.1, 0.15) is 36.1 Å². The van der Waals surface area contributed by atoms with Crippen molar-refractivity contribution in [1.82, 2.24) is 10.2 Å². The van der Waals surface area contributed by atoms with Gasteiger partial charge >= 0.3 is 0 Å². The molecule has 3 aliphatic heterocycles. The Morgan fingerprint density at radius 1 is 1.06 bits per heavy atom. The van der Waals surface area contributed by atoms with Crippen LogP contribution in [0.3, 0.4) is 0 Å². The fourth-order valence-corrected chi connectivity index (χ4v) is 5.83. The highest BCUT2D eigenvalue weighted by molar-refractivity contribution is 6.31. The average Bonchev–Trinajstić information content (AvgIpc) is 3.34. The summed E-state index contributed by atoms with van der Waals surface area (Å²) in [6.07, 6.45) is 0. The number of carbonyl (C=O) groups is 3. The van der Waals surface area contributed by atoms with Crippen LogP contribution in [-0.4, -0.2) is 28.7 Å². The van der Waals surface area contributed by atoms with Gasteiger partial charge in [0.25, 0.3) is 0 Å². The number of nitrogens with zero attached hydrogens (tertiary/aromatic N) is 1. The van der Waals surface area contributed by atoms with Gasteiger partial charge in [0.2, 0.25) is 17.7 Å². The molecule has 4 atom stereocenters. The molecule has 0 aliphatic carbocycles. The molecule has 1 spiro atoms. The van der Waals surface area contributed by atoms with Crippen LogP contribution < -0.4 is 10.6 Å². The SMILES string of the molecule is Cc1ccc2c(c1C)NC(=O)C21NC(C(C)C)[C@H]2C(=O)N(Cc3ccccc3Cl)C(=O)[C@H]21. The van der Waals surface area contributed by atoms with Crippen LogP contribution in [0.25, 0.3) is 0 Å². The largest absolute Gasteiger partial charge is 0.324 e. The zero-order valence-corrected chi connectivity index (χ0v) is 19.3. The second-order valence-corrected chi connectivity index (χ2v) is 9.87. The van der Waals surface area contributed by atoms with Gasteiger partial charge in [0.1, 0.15) is 5.54 Å². The van der Waals surface area contributed by atoms with Crippen LogP contribution in [0, 0.1) is 31.6 Å². The van der Waals surface area contributed by atoms with Gasteiger partial charge in [0.05, 0.1) is 18.4 Å². The third kappa shape index (κ3) is 2.66. The molecule has 166 valence electrons. The van der Waals surface area contributed by atoms with E-state index < -0.39 is 17.4 Å². The van der Waals surface area contributed by atoms with E-state index in [0.717, 1.165) is 22.4 Å². The lowest BCUT2D eigenvalue weighted by molar-refractivity contribution is -0.143. The number of fused-ring (bicyclic) bond motifs is 4. The minimum Gasteiger partial charge on any atom is -0.324 e. The van der Waals surface area contributed by atoms with E-state index in [0.29, 0.717) is 10.6 Å². The van der Waals surface area contributed by atoms with Crippen molar-refractivity contribution < 1.29 is 14.4 Å². The van der Waals surface area contributed by atoms with E-state index in [-0.39, 0.29) is 36.2 Å². The molecule has 3 heterocycles. The lowest BCUT2D eigenvalue weighted by Crippen LogP contribution is -2.53. The molecule has 2 saturated heterocycles. The zero-order valence-electron chi connectivity index (χ0n) is 18.5. The first-order chi connectivity index (χ1) is 15.2. The first kappa shape index (κ1) is 21.2. The summed E-state index contributed by atoms with van der Waals surface area (Å²) in [5, 5.41) is 6.99. The Hall–Kier alpha value is -2.70. The van der Waals surface area contributed by atoms with Crippen molar-refractivity contribution in [2.45, 2.75) is 45.8 Å². The van der Waals surface area contributed by atoms with Crippen LogP contribution >= 0.6 is 11.6 Å². The molecule has 3 aliphatic rings. The van der Waals surface area contributed by atoms with Crippen molar-refractivity contribution in [2.24, 2.45) is 17.8 Å². The molecule has 0 radical (unpaired) electrons. The second-order valence-electron chi connectivity index (χ2n) is 9.46. The standard InChI is InChI=1S/C25H26ClN3O3/c1-12(2)20-18-19(23(31)29(22(18)30)11-15-7-5-6-8-17(15)26)25(28-20)16-10-9-13(3)14(4)21(16)27-24(25)32/h5-10,12,18-20,28H,11H2,1-4H3,(H,27,32)/t18-,19-,20?,25?/m0/s1. The predicted molar refractivity (Wildman–Crippen MR) is 122 cm³/mol. The maximum Gasteiger partial charge on any atom is 0.250 e. The Balaban J connectivity index is 1.64. The van der Waals surface area contributed by atoms with Gasteiger partial charge in [-0.25, -0.2) is 0 Å². The minimum atomic E-state index is -1.25. The number of anilines is 1. The van der Waals surface area contributed by atoms with E-state index >= 15 is 0 Å².